The van der Waals surface area contributed by atoms with Gasteiger partial charge in [-0.2, -0.15) is 0 Å². The van der Waals surface area contributed by atoms with Crippen LogP contribution in [0.4, 0.5) is 0 Å². The third-order valence-electron chi connectivity index (χ3n) is 4.24. The van der Waals surface area contributed by atoms with Crippen LogP contribution in [-0.4, -0.2) is 33.3 Å². The van der Waals surface area contributed by atoms with Crippen LogP contribution in [0.25, 0.3) is 16.8 Å². The Kier molecular flexibility index (Phi) is 6.52. The lowest BCUT2D eigenvalue weighted by atomic mass is 10.1. The quantitative estimate of drug-likeness (QED) is 0.475. The highest BCUT2D eigenvalue weighted by atomic mass is 16.5. The molecule has 0 aliphatic rings. The zero-order chi connectivity index (χ0) is 19.8. The van der Waals surface area contributed by atoms with Gasteiger partial charge in [-0.25, -0.2) is 0 Å². The van der Waals surface area contributed by atoms with Crippen LogP contribution in [0.15, 0.2) is 66.7 Å². The lowest BCUT2D eigenvalue weighted by molar-refractivity contribution is -0.116. The Morgan fingerprint density at radius 1 is 0.929 bits per heavy atom. The minimum Gasteiger partial charge on any atom is -0.493 e. The van der Waals surface area contributed by atoms with E-state index in [4.69, 9.17) is 14.2 Å². The molecule has 0 spiro atoms. The molecule has 0 aromatic heterocycles. The maximum absolute atomic E-state index is 12.0. The topological polar surface area (TPSA) is 56.8 Å². The molecule has 0 saturated carbocycles. The van der Waals surface area contributed by atoms with Crippen molar-refractivity contribution >= 4 is 22.8 Å². The van der Waals surface area contributed by atoms with Gasteiger partial charge in [0.2, 0.25) is 5.91 Å². The minimum atomic E-state index is -0.184. The number of amides is 1. The summed E-state index contributed by atoms with van der Waals surface area (Å²) in [6, 6.07) is 19.5. The number of hydrogen-bond acceptors (Lipinski definition) is 4. The Labute approximate surface area is 164 Å². The molecule has 0 radical (unpaired) electrons. The number of hydrogen-bond donors (Lipinski definition) is 1. The molecule has 0 aliphatic heterocycles. The normalized spacial score (nSPS) is 10.8. The maximum Gasteiger partial charge on any atom is 0.244 e. The Bertz CT molecular complexity index is 976. The first kappa shape index (κ1) is 19.3. The van der Waals surface area contributed by atoms with Crippen LogP contribution < -0.4 is 19.5 Å². The molecule has 5 heteroatoms. The van der Waals surface area contributed by atoms with Crippen molar-refractivity contribution in [2.45, 2.75) is 0 Å². The summed E-state index contributed by atoms with van der Waals surface area (Å²) in [5, 5.41) is 5.00. The van der Waals surface area contributed by atoms with Gasteiger partial charge in [-0.3, -0.25) is 4.79 Å². The fourth-order valence-corrected chi connectivity index (χ4v) is 2.84. The number of nitrogens with one attached hydrogen (secondary N) is 1. The summed E-state index contributed by atoms with van der Waals surface area (Å²) < 4.78 is 16.3. The third-order valence-corrected chi connectivity index (χ3v) is 4.24. The van der Waals surface area contributed by atoms with Crippen molar-refractivity contribution in [2.24, 2.45) is 0 Å². The highest BCUT2D eigenvalue weighted by Crippen LogP contribution is 2.28. The third kappa shape index (κ3) is 4.82. The van der Waals surface area contributed by atoms with Gasteiger partial charge in [0.1, 0.15) is 12.4 Å². The van der Waals surface area contributed by atoms with E-state index < -0.39 is 0 Å². The van der Waals surface area contributed by atoms with Gasteiger partial charge in [0.15, 0.2) is 11.5 Å². The van der Waals surface area contributed by atoms with Crippen LogP contribution >= 0.6 is 0 Å². The molecule has 0 aliphatic carbocycles. The highest BCUT2D eigenvalue weighted by molar-refractivity contribution is 5.91. The molecular formula is C23H23NO4. The molecule has 3 rings (SSSR count). The van der Waals surface area contributed by atoms with Crippen LogP contribution in [-0.2, 0) is 4.79 Å². The number of benzene rings is 3. The van der Waals surface area contributed by atoms with Crippen LogP contribution in [0.3, 0.4) is 0 Å². The second-order valence-electron chi connectivity index (χ2n) is 6.06. The summed E-state index contributed by atoms with van der Waals surface area (Å²) in [7, 11) is 3.16. The van der Waals surface area contributed by atoms with E-state index >= 15 is 0 Å². The summed E-state index contributed by atoms with van der Waals surface area (Å²) in [4.78, 5) is 12.0. The molecular weight excluding hydrogens is 354 g/mol. The molecule has 5 nitrogen and oxygen atoms in total. The lowest BCUT2D eigenvalue weighted by Gasteiger charge is -2.09. The summed E-state index contributed by atoms with van der Waals surface area (Å²) in [5.41, 5.74) is 0.847. The second-order valence-corrected chi connectivity index (χ2v) is 6.06. The zero-order valence-electron chi connectivity index (χ0n) is 16.0. The van der Waals surface area contributed by atoms with E-state index in [-0.39, 0.29) is 5.91 Å². The van der Waals surface area contributed by atoms with Gasteiger partial charge in [-0.05, 0) is 35.2 Å². The Morgan fingerprint density at radius 3 is 2.54 bits per heavy atom. The van der Waals surface area contributed by atoms with Gasteiger partial charge in [-0.15, -0.1) is 0 Å². The van der Waals surface area contributed by atoms with E-state index in [0.29, 0.717) is 24.7 Å². The van der Waals surface area contributed by atoms with Crippen molar-refractivity contribution in [3.05, 3.63) is 72.3 Å². The molecule has 0 bridgehead atoms. The SMILES string of the molecule is COc1ccc(C=CC(=O)NCCOc2cccc3ccccc23)cc1OC. The van der Waals surface area contributed by atoms with Gasteiger partial charge in [-0.1, -0.05) is 42.5 Å². The van der Waals surface area contributed by atoms with Gasteiger partial charge >= 0.3 is 0 Å². The van der Waals surface area contributed by atoms with E-state index in [9.17, 15) is 4.79 Å². The molecule has 0 heterocycles. The molecule has 3 aromatic carbocycles. The van der Waals surface area contributed by atoms with Crippen molar-refractivity contribution < 1.29 is 19.0 Å². The van der Waals surface area contributed by atoms with Gasteiger partial charge in [0.05, 0.1) is 20.8 Å². The first-order chi connectivity index (χ1) is 13.7. The van der Waals surface area contributed by atoms with E-state index in [1.165, 1.54) is 6.08 Å². The molecule has 28 heavy (non-hydrogen) atoms. The zero-order valence-corrected chi connectivity index (χ0v) is 16.0. The van der Waals surface area contributed by atoms with Crippen LogP contribution in [0.5, 0.6) is 17.2 Å². The monoisotopic (exact) mass is 377 g/mol. The first-order valence-corrected chi connectivity index (χ1v) is 9.00. The molecule has 0 fully saturated rings. The fraction of sp³-hybridized carbons (Fsp3) is 0.174. The summed E-state index contributed by atoms with van der Waals surface area (Å²) >= 11 is 0. The number of methoxy groups -OCH3 is 2. The number of fused-ring (bicyclic) bond motifs is 1. The van der Waals surface area contributed by atoms with Crippen LogP contribution in [0.2, 0.25) is 0 Å². The van der Waals surface area contributed by atoms with E-state index in [1.54, 1.807) is 26.4 Å². The van der Waals surface area contributed by atoms with Crippen LogP contribution in [0.1, 0.15) is 5.56 Å². The summed E-state index contributed by atoms with van der Waals surface area (Å²) in [6.07, 6.45) is 3.21. The average Bonchev–Trinajstić information content (AvgIpc) is 2.75. The average molecular weight is 377 g/mol. The Morgan fingerprint density at radius 2 is 1.71 bits per heavy atom. The van der Waals surface area contributed by atoms with Crippen LogP contribution in [0, 0.1) is 0 Å². The number of carbonyl (C=O) groups is 1. The van der Waals surface area contributed by atoms with Crippen molar-refractivity contribution in [3.63, 3.8) is 0 Å². The standard InChI is InChI=1S/C23H23NO4/c1-26-21-12-10-17(16-22(21)27-2)11-13-23(25)24-14-15-28-20-9-5-7-18-6-3-4-8-19(18)20/h3-13,16H,14-15H2,1-2H3,(H,24,25). The van der Waals surface area contributed by atoms with Crippen molar-refractivity contribution in [3.8, 4) is 17.2 Å². The Hall–Kier alpha value is -3.47. The number of ether oxygens (including phenoxy) is 3. The van der Waals surface area contributed by atoms with E-state index in [0.717, 1.165) is 22.1 Å². The molecule has 0 unspecified atom stereocenters. The number of carbonyl (C=O) groups excluding carboxylic acids is 1. The number of rotatable bonds is 8. The smallest absolute Gasteiger partial charge is 0.244 e. The molecule has 0 atom stereocenters. The summed E-state index contributed by atoms with van der Waals surface area (Å²) in [5.74, 6) is 1.90. The van der Waals surface area contributed by atoms with Gasteiger partial charge in [0, 0.05) is 11.5 Å². The minimum absolute atomic E-state index is 0.184. The predicted octanol–water partition coefficient (Wildman–Crippen LogP) is 4.07. The van der Waals surface area contributed by atoms with Gasteiger partial charge in [0.25, 0.3) is 0 Å². The first-order valence-electron chi connectivity index (χ1n) is 9.00. The lowest BCUT2D eigenvalue weighted by Crippen LogP contribution is -2.26. The molecule has 144 valence electrons. The van der Waals surface area contributed by atoms with Gasteiger partial charge < -0.3 is 19.5 Å². The second kappa shape index (κ2) is 9.46. The largest absolute Gasteiger partial charge is 0.493 e. The molecule has 0 saturated heterocycles. The molecule has 1 amide bonds. The van der Waals surface area contributed by atoms with Crippen molar-refractivity contribution in [2.75, 3.05) is 27.4 Å². The van der Waals surface area contributed by atoms with Crippen molar-refractivity contribution in [1.82, 2.24) is 5.32 Å². The maximum atomic E-state index is 12.0. The van der Waals surface area contributed by atoms with Crippen molar-refractivity contribution in [1.29, 1.82) is 0 Å². The fourth-order valence-electron chi connectivity index (χ4n) is 2.84. The van der Waals surface area contributed by atoms with E-state index in [1.807, 2.05) is 54.6 Å². The summed E-state index contributed by atoms with van der Waals surface area (Å²) in [6.45, 7) is 0.808. The van der Waals surface area contributed by atoms with E-state index in [2.05, 4.69) is 5.32 Å². The highest BCUT2D eigenvalue weighted by Gasteiger charge is 2.04. The molecule has 1 N–H and O–H groups in total. The molecule has 3 aromatic rings. The predicted molar refractivity (Wildman–Crippen MR) is 111 cm³/mol. The Balaban J connectivity index is 1.50.